The number of nitrogens with zero attached hydrogens (tertiary/aromatic N) is 2. The second-order valence-electron chi connectivity index (χ2n) is 5.76. The Morgan fingerprint density at radius 2 is 2.10 bits per heavy atom. The highest BCUT2D eigenvalue weighted by Crippen LogP contribution is 2.33. The van der Waals surface area contributed by atoms with Crippen LogP contribution in [0.1, 0.15) is 25.0 Å². The fraction of sp³-hybridized carbons (Fsp3) is 0.692. The van der Waals surface area contributed by atoms with E-state index < -0.39 is 10.0 Å². The van der Waals surface area contributed by atoms with Crippen molar-refractivity contribution in [3.05, 3.63) is 16.5 Å². The van der Waals surface area contributed by atoms with Gasteiger partial charge in [-0.1, -0.05) is 0 Å². The molecule has 2 aliphatic rings. The van der Waals surface area contributed by atoms with E-state index in [4.69, 9.17) is 10.2 Å². The number of furan rings is 1. The fourth-order valence-electron chi connectivity index (χ4n) is 3.31. The van der Waals surface area contributed by atoms with Gasteiger partial charge < -0.3 is 10.2 Å². The van der Waals surface area contributed by atoms with Gasteiger partial charge in [-0.2, -0.15) is 4.31 Å². The molecule has 118 valence electrons. The maximum absolute atomic E-state index is 12.8. The summed E-state index contributed by atoms with van der Waals surface area (Å²) in [6, 6.07) is 2.33. The Hall–Kier alpha value is -0.410. The maximum Gasteiger partial charge on any atom is 0.247 e. The first-order valence-corrected chi connectivity index (χ1v) is 9.37. The molecule has 6 nitrogen and oxygen atoms in total. The predicted molar refractivity (Wildman–Crippen MR) is 82.2 cm³/mol. The molecule has 0 amide bonds. The number of halogens is 1. The van der Waals surface area contributed by atoms with E-state index in [-0.39, 0.29) is 16.1 Å². The average Bonchev–Trinajstić information content (AvgIpc) is 2.90. The van der Waals surface area contributed by atoms with E-state index in [1.807, 2.05) is 0 Å². The molecule has 0 aliphatic carbocycles. The molecule has 3 rings (SSSR count). The third-order valence-corrected chi connectivity index (χ3v) is 7.36. The van der Waals surface area contributed by atoms with E-state index in [2.05, 4.69) is 27.9 Å². The van der Waals surface area contributed by atoms with Crippen molar-refractivity contribution in [3.63, 3.8) is 0 Å². The van der Waals surface area contributed by atoms with Gasteiger partial charge in [0.05, 0.1) is 6.54 Å². The van der Waals surface area contributed by atoms with E-state index in [1.165, 1.54) is 12.5 Å². The lowest BCUT2D eigenvalue weighted by Gasteiger charge is -2.24. The Bertz CT molecular complexity index is 631. The Kier molecular flexibility index (Phi) is 4.17. The zero-order valence-corrected chi connectivity index (χ0v) is 14.4. The van der Waals surface area contributed by atoms with Crippen molar-refractivity contribution in [1.29, 1.82) is 0 Å². The minimum absolute atomic E-state index is 0.182. The van der Waals surface area contributed by atoms with Crippen LogP contribution in [0.2, 0.25) is 0 Å². The van der Waals surface area contributed by atoms with Crippen LogP contribution in [0.4, 0.5) is 0 Å². The highest BCUT2D eigenvalue weighted by molar-refractivity contribution is 9.10. The molecule has 2 fully saturated rings. The Morgan fingerprint density at radius 1 is 1.38 bits per heavy atom. The van der Waals surface area contributed by atoms with Gasteiger partial charge in [-0.15, -0.1) is 0 Å². The van der Waals surface area contributed by atoms with Crippen LogP contribution < -0.4 is 5.73 Å². The molecule has 3 heterocycles. The number of hydrogen-bond acceptors (Lipinski definition) is 5. The van der Waals surface area contributed by atoms with Crippen LogP contribution in [-0.4, -0.2) is 49.8 Å². The smallest absolute Gasteiger partial charge is 0.247 e. The minimum Gasteiger partial charge on any atom is -0.452 e. The van der Waals surface area contributed by atoms with E-state index in [0.29, 0.717) is 30.9 Å². The molecule has 0 radical (unpaired) electrons. The van der Waals surface area contributed by atoms with Crippen molar-refractivity contribution < 1.29 is 12.8 Å². The highest BCUT2D eigenvalue weighted by Gasteiger charge is 2.39. The first-order valence-electron chi connectivity index (χ1n) is 7.14. The maximum atomic E-state index is 12.8. The van der Waals surface area contributed by atoms with Crippen LogP contribution in [0.25, 0.3) is 0 Å². The molecule has 1 aromatic heterocycles. The van der Waals surface area contributed by atoms with Gasteiger partial charge in [0.1, 0.15) is 10.7 Å². The summed E-state index contributed by atoms with van der Waals surface area (Å²) in [5.74, 6) is 0.467. The lowest BCUT2D eigenvalue weighted by Crippen LogP contribution is -2.39. The second-order valence-corrected chi connectivity index (χ2v) is 8.38. The van der Waals surface area contributed by atoms with Gasteiger partial charge in [0.15, 0.2) is 4.67 Å². The van der Waals surface area contributed by atoms with Gasteiger partial charge in [-0.25, -0.2) is 8.42 Å². The molecule has 8 heteroatoms. The topological polar surface area (TPSA) is 79.8 Å². The van der Waals surface area contributed by atoms with Gasteiger partial charge >= 0.3 is 0 Å². The van der Waals surface area contributed by atoms with E-state index in [1.54, 1.807) is 4.31 Å². The minimum atomic E-state index is -3.54. The molecular formula is C13H20BrN3O3S. The Balaban J connectivity index is 1.89. The summed E-state index contributed by atoms with van der Waals surface area (Å²) in [4.78, 5) is 2.51. The normalized spacial score (nSPS) is 28.0. The first-order chi connectivity index (χ1) is 9.93. The van der Waals surface area contributed by atoms with Crippen molar-refractivity contribution in [2.24, 2.45) is 5.73 Å². The standard InChI is InChI=1S/C13H20BrN3O3S/c1-16-9-2-3-10(16)8-17(5-4-9)21(18,19)12-6-11(7-15)20-13(12)14/h6,9-10H,2-5,7-8,15H2,1H3. The van der Waals surface area contributed by atoms with Gasteiger partial charge in [-0.3, -0.25) is 4.90 Å². The van der Waals surface area contributed by atoms with Crippen molar-refractivity contribution in [2.75, 3.05) is 20.1 Å². The zero-order chi connectivity index (χ0) is 15.2. The molecule has 0 spiro atoms. The quantitative estimate of drug-likeness (QED) is 0.859. The molecule has 2 unspecified atom stereocenters. The molecular weight excluding hydrogens is 358 g/mol. The number of nitrogens with two attached hydrogens (primary N) is 1. The van der Waals surface area contributed by atoms with Crippen LogP contribution in [0.5, 0.6) is 0 Å². The number of fused-ring (bicyclic) bond motifs is 2. The highest BCUT2D eigenvalue weighted by atomic mass is 79.9. The molecule has 2 N–H and O–H groups in total. The lowest BCUT2D eigenvalue weighted by molar-refractivity contribution is 0.246. The molecule has 0 aromatic carbocycles. The Morgan fingerprint density at radius 3 is 2.76 bits per heavy atom. The second kappa shape index (κ2) is 5.66. The average molecular weight is 378 g/mol. The fourth-order valence-corrected chi connectivity index (χ4v) is 5.76. The summed E-state index contributed by atoms with van der Waals surface area (Å²) in [7, 11) is -1.44. The van der Waals surface area contributed by atoms with E-state index in [0.717, 1.165) is 12.8 Å². The van der Waals surface area contributed by atoms with Crippen LogP contribution in [0.3, 0.4) is 0 Å². The van der Waals surface area contributed by atoms with Crippen LogP contribution in [0, 0.1) is 0 Å². The van der Waals surface area contributed by atoms with Gasteiger partial charge in [0.25, 0.3) is 0 Å². The predicted octanol–water partition coefficient (Wildman–Crippen LogP) is 1.36. The summed E-state index contributed by atoms with van der Waals surface area (Å²) in [5, 5.41) is 0. The van der Waals surface area contributed by atoms with Crippen LogP contribution in [-0.2, 0) is 16.6 Å². The summed E-state index contributed by atoms with van der Waals surface area (Å²) in [5.41, 5.74) is 5.52. The third kappa shape index (κ3) is 2.68. The molecule has 2 saturated heterocycles. The number of hydrogen-bond donors (Lipinski definition) is 1. The van der Waals surface area contributed by atoms with Gasteiger partial charge in [-0.05, 0) is 42.2 Å². The molecule has 0 saturated carbocycles. The third-order valence-electron chi connectivity index (χ3n) is 4.64. The number of sulfonamides is 1. The largest absolute Gasteiger partial charge is 0.452 e. The summed E-state index contributed by atoms with van der Waals surface area (Å²) >= 11 is 3.19. The van der Waals surface area contributed by atoms with Crippen LogP contribution in [0.15, 0.2) is 20.0 Å². The van der Waals surface area contributed by atoms with Gasteiger partial charge in [0.2, 0.25) is 10.0 Å². The summed E-state index contributed by atoms with van der Waals surface area (Å²) in [6.07, 6.45) is 3.11. The summed E-state index contributed by atoms with van der Waals surface area (Å²) < 4.78 is 32.9. The van der Waals surface area contributed by atoms with Crippen molar-refractivity contribution in [1.82, 2.24) is 9.21 Å². The summed E-state index contributed by atoms with van der Waals surface area (Å²) in [6.45, 7) is 1.29. The molecule has 21 heavy (non-hydrogen) atoms. The lowest BCUT2D eigenvalue weighted by atomic mass is 10.1. The van der Waals surface area contributed by atoms with Gasteiger partial charge in [0, 0.05) is 31.2 Å². The van der Waals surface area contributed by atoms with E-state index >= 15 is 0 Å². The van der Waals surface area contributed by atoms with Crippen molar-refractivity contribution >= 4 is 26.0 Å². The van der Waals surface area contributed by atoms with Crippen LogP contribution >= 0.6 is 15.9 Å². The molecule has 2 atom stereocenters. The van der Waals surface area contributed by atoms with Crippen molar-refractivity contribution in [3.8, 4) is 0 Å². The molecule has 2 aliphatic heterocycles. The Labute approximate surface area is 133 Å². The van der Waals surface area contributed by atoms with Crippen molar-refractivity contribution in [2.45, 2.75) is 42.8 Å². The number of likely N-dealkylation sites (N-methyl/N-ethyl adjacent to an activating group) is 1. The molecule has 1 aromatic rings. The zero-order valence-electron chi connectivity index (χ0n) is 12.0. The number of rotatable bonds is 3. The monoisotopic (exact) mass is 377 g/mol. The molecule has 2 bridgehead atoms. The first kappa shape index (κ1) is 15.5. The SMILES string of the molecule is CN1C2CCC1CN(S(=O)(=O)c1cc(CN)oc1Br)CC2. The van der Waals surface area contributed by atoms with E-state index in [9.17, 15) is 8.42 Å².